The number of nitrogens with zero attached hydrogens (tertiary/aromatic N) is 1. The minimum Gasteiger partial charge on any atom is -0.454 e. The first-order chi connectivity index (χ1) is 9.35. The van der Waals surface area contributed by atoms with Gasteiger partial charge in [-0.05, 0) is 24.7 Å². The summed E-state index contributed by atoms with van der Waals surface area (Å²) in [6.07, 6.45) is 0. The van der Waals surface area contributed by atoms with Crippen LogP contribution in [0.25, 0.3) is 0 Å². The van der Waals surface area contributed by atoms with Gasteiger partial charge in [0.1, 0.15) is 0 Å². The van der Waals surface area contributed by atoms with Crippen LogP contribution in [0, 0.1) is 0 Å². The summed E-state index contributed by atoms with van der Waals surface area (Å²) in [5.41, 5.74) is 1.29. The second-order valence-electron chi connectivity index (χ2n) is 5.13. The SMILES string of the molecule is CNCC1CN(Cc2ccc3c(c2)OCO3)CCN1. The minimum absolute atomic E-state index is 0.344. The van der Waals surface area contributed by atoms with Gasteiger partial charge in [0.15, 0.2) is 11.5 Å². The smallest absolute Gasteiger partial charge is 0.231 e. The van der Waals surface area contributed by atoms with Gasteiger partial charge in [0.2, 0.25) is 6.79 Å². The van der Waals surface area contributed by atoms with E-state index < -0.39 is 0 Å². The fraction of sp³-hybridized carbons (Fsp3) is 0.571. The lowest BCUT2D eigenvalue weighted by molar-refractivity contribution is 0.173. The number of likely N-dealkylation sites (N-methyl/N-ethyl adjacent to an activating group) is 1. The molecule has 1 aromatic rings. The van der Waals surface area contributed by atoms with Gasteiger partial charge in [-0.3, -0.25) is 4.90 Å². The van der Waals surface area contributed by atoms with Gasteiger partial charge in [-0.25, -0.2) is 0 Å². The van der Waals surface area contributed by atoms with E-state index in [0.29, 0.717) is 12.8 Å². The Labute approximate surface area is 113 Å². The number of rotatable bonds is 4. The third kappa shape index (κ3) is 3.00. The third-order valence-electron chi connectivity index (χ3n) is 3.63. The molecule has 0 aliphatic carbocycles. The summed E-state index contributed by atoms with van der Waals surface area (Å²) in [7, 11) is 2.00. The first-order valence-electron chi connectivity index (χ1n) is 6.84. The molecule has 1 atom stereocenters. The van der Waals surface area contributed by atoms with Crippen molar-refractivity contribution >= 4 is 0 Å². The fourth-order valence-corrected chi connectivity index (χ4v) is 2.72. The highest BCUT2D eigenvalue weighted by Crippen LogP contribution is 2.32. The summed E-state index contributed by atoms with van der Waals surface area (Å²) >= 11 is 0. The van der Waals surface area contributed by atoms with E-state index in [1.807, 2.05) is 13.1 Å². The normalized spacial score (nSPS) is 22.7. The van der Waals surface area contributed by atoms with Crippen molar-refractivity contribution < 1.29 is 9.47 Å². The van der Waals surface area contributed by atoms with Gasteiger partial charge < -0.3 is 20.1 Å². The number of fused-ring (bicyclic) bond motifs is 1. The first-order valence-corrected chi connectivity index (χ1v) is 6.84. The zero-order chi connectivity index (χ0) is 13.1. The molecule has 0 amide bonds. The Hall–Kier alpha value is -1.30. The van der Waals surface area contributed by atoms with Crippen LogP contribution in [0.5, 0.6) is 11.5 Å². The molecule has 2 aliphatic heterocycles. The molecule has 5 nitrogen and oxygen atoms in total. The molecule has 1 unspecified atom stereocenters. The van der Waals surface area contributed by atoms with Crippen molar-refractivity contribution in [2.24, 2.45) is 0 Å². The number of benzene rings is 1. The zero-order valence-electron chi connectivity index (χ0n) is 11.3. The van der Waals surface area contributed by atoms with Crippen LogP contribution in [-0.4, -0.2) is 51.0 Å². The van der Waals surface area contributed by atoms with E-state index in [-0.39, 0.29) is 0 Å². The average Bonchev–Trinajstić information content (AvgIpc) is 2.87. The van der Waals surface area contributed by atoms with Crippen LogP contribution in [0.2, 0.25) is 0 Å². The summed E-state index contributed by atoms with van der Waals surface area (Å²) in [6, 6.07) is 6.76. The van der Waals surface area contributed by atoms with Crippen molar-refractivity contribution in [3.8, 4) is 11.5 Å². The minimum atomic E-state index is 0.344. The molecule has 3 rings (SSSR count). The van der Waals surface area contributed by atoms with Crippen LogP contribution in [0.4, 0.5) is 0 Å². The predicted molar refractivity (Wildman–Crippen MR) is 73.6 cm³/mol. The van der Waals surface area contributed by atoms with Crippen molar-refractivity contribution in [2.75, 3.05) is 40.0 Å². The molecule has 0 radical (unpaired) electrons. The second-order valence-corrected chi connectivity index (χ2v) is 5.13. The van der Waals surface area contributed by atoms with Crippen molar-refractivity contribution in [3.63, 3.8) is 0 Å². The van der Waals surface area contributed by atoms with Crippen molar-refractivity contribution in [1.82, 2.24) is 15.5 Å². The molecule has 1 aromatic carbocycles. The summed E-state index contributed by atoms with van der Waals surface area (Å²) in [5.74, 6) is 1.73. The van der Waals surface area contributed by atoms with E-state index in [4.69, 9.17) is 9.47 Å². The highest BCUT2D eigenvalue weighted by molar-refractivity contribution is 5.44. The lowest BCUT2D eigenvalue weighted by Crippen LogP contribution is -2.53. The van der Waals surface area contributed by atoms with Gasteiger partial charge in [-0.2, -0.15) is 0 Å². The van der Waals surface area contributed by atoms with E-state index in [0.717, 1.165) is 44.2 Å². The summed E-state index contributed by atoms with van der Waals surface area (Å²) < 4.78 is 10.8. The molecule has 104 valence electrons. The molecule has 2 aliphatic rings. The molecule has 0 bridgehead atoms. The lowest BCUT2D eigenvalue weighted by Gasteiger charge is -2.33. The van der Waals surface area contributed by atoms with Crippen LogP contribution in [0.3, 0.4) is 0 Å². The fourth-order valence-electron chi connectivity index (χ4n) is 2.72. The Morgan fingerprint density at radius 1 is 1.37 bits per heavy atom. The van der Waals surface area contributed by atoms with Crippen molar-refractivity contribution in [1.29, 1.82) is 0 Å². The summed E-state index contributed by atoms with van der Waals surface area (Å²) in [6.45, 7) is 5.55. The predicted octanol–water partition coefficient (Wildman–Crippen LogP) is 0.408. The Morgan fingerprint density at radius 3 is 3.16 bits per heavy atom. The molecule has 2 heterocycles. The Kier molecular flexibility index (Phi) is 3.87. The lowest BCUT2D eigenvalue weighted by atomic mass is 10.1. The maximum Gasteiger partial charge on any atom is 0.231 e. The van der Waals surface area contributed by atoms with Gasteiger partial charge in [0.25, 0.3) is 0 Å². The Balaban J connectivity index is 1.61. The molecule has 0 aromatic heterocycles. The topological polar surface area (TPSA) is 45.8 Å². The average molecular weight is 263 g/mol. The summed E-state index contributed by atoms with van der Waals surface area (Å²) in [5, 5.41) is 6.76. The molecule has 1 fully saturated rings. The number of hydrogen-bond acceptors (Lipinski definition) is 5. The van der Waals surface area contributed by atoms with Gasteiger partial charge >= 0.3 is 0 Å². The highest BCUT2D eigenvalue weighted by Gasteiger charge is 2.20. The molecular formula is C14H21N3O2. The Morgan fingerprint density at radius 2 is 2.26 bits per heavy atom. The van der Waals surface area contributed by atoms with Gasteiger partial charge in [0.05, 0.1) is 0 Å². The largest absolute Gasteiger partial charge is 0.454 e. The zero-order valence-corrected chi connectivity index (χ0v) is 11.3. The van der Waals surface area contributed by atoms with Gasteiger partial charge in [-0.1, -0.05) is 6.07 Å². The maximum absolute atomic E-state index is 5.42. The van der Waals surface area contributed by atoms with Crippen LogP contribution in [0.1, 0.15) is 5.56 Å². The first kappa shape index (κ1) is 12.7. The Bertz CT molecular complexity index is 437. The van der Waals surface area contributed by atoms with E-state index in [1.54, 1.807) is 0 Å². The molecule has 0 spiro atoms. The molecule has 5 heteroatoms. The number of hydrogen-bond donors (Lipinski definition) is 2. The molecule has 1 saturated heterocycles. The van der Waals surface area contributed by atoms with Crippen LogP contribution >= 0.6 is 0 Å². The number of nitrogens with one attached hydrogen (secondary N) is 2. The van der Waals surface area contributed by atoms with Crippen LogP contribution in [-0.2, 0) is 6.54 Å². The molecule has 0 saturated carbocycles. The van der Waals surface area contributed by atoms with Crippen molar-refractivity contribution in [3.05, 3.63) is 23.8 Å². The van der Waals surface area contributed by atoms with Crippen LogP contribution < -0.4 is 20.1 Å². The van der Waals surface area contributed by atoms with E-state index in [2.05, 4.69) is 27.7 Å². The van der Waals surface area contributed by atoms with Crippen molar-refractivity contribution in [2.45, 2.75) is 12.6 Å². The maximum atomic E-state index is 5.42. The van der Waals surface area contributed by atoms with Gasteiger partial charge in [-0.15, -0.1) is 0 Å². The third-order valence-corrected chi connectivity index (χ3v) is 3.63. The number of piperazine rings is 1. The molecule has 19 heavy (non-hydrogen) atoms. The van der Waals surface area contributed by atoms with Crippen LogP contribution in [0.15, 0.2) is 18.2 Å². The monoisotopic (exact) mass is 263 g/mol. The van der Waals surface area contributed by atoms with E-state index in [9.17, 15) is 0 Å². The van der Waals surface area contributed by atoms with E-state index >= 15 is 0 Å². The standard InChI is InChI=1S/C14H21N3O2/c1-15-7-12-9-17(5-4-16-12)8-11-2-3-13-14(6-11)19-10-18-13/h2-3,6,12,15-16H,4-5,7-10H2,1H3. The number of ether oxygens (including phenoxy) is 2. The molecular weight excluding hydrogens is 242 g/mol. The van der Waals surface area contributed by atoms with E-state index in [1.165, 1.54) is 5.56 Å². The quantitative estimate of drug-likeness (QED) is 0.824. The van der Waals surface area contributed by atoms with Gasteiger partial charge in [0, 0.05) is 38.8 Å². The summed E-state index contributed by atoms with van der Waals surface area (Å²) in [4.78, 5) is 2.48. The second kappa shape index (κ2) is 5.77. The molecule has 2 N–H and O–H groups in total. The highest BCUT2D eigenvalue weighted by atomic mass is 16.7.